The molecular formula is C27H16Cl2N6O3. The molecule has 0 unspecified atom stereocenters. The van der Waals surface area contributed by atoms with Gasteiger partial charge in [-0.25, -0.2) is 9.83 Å². The Kier molecular flexibility index (Phi) is 6.28. The lowest BCUT2D eigenvalue weighted by Crippen LogP contribution is -2.21. The van der Waals surface area contributed by atoms with Crippen LogP contribution in [-0.2, 0) is 0 Å². The van der Waals surface area contributed by atoms with Crippen LogP contribution in [0, 0.1) is 13.5 Å². The summed E-state index contributed by atoms with van der Waals surface area (Å²) in [5.41, 5.74) is 7.01. The lowest BCUT2D eigenvalue weighted by atomic mass is 9.82. The number of rotatable bonds is 4. The quantitative estimate of drug-likeness (QED) is 0.159. The predicted molar refractivity (Wildman–Crippen MR) is 145 cm³/mol. The van der Waals surface area contributed by atoms with Crippen LogP contribution in [0.1, 0.15) is 37.4 Å². The van der Waals surface area contributed by atoms with E-state index in [1.54, 1.807) is 6.92 Å². The van der Waals surface area contributed by atoms with Crippen molar-refractivity contribution in [2.45, 2.75) is 6.92 Å². The van der Waals surface area contributed by atoms with Crippen LogP contribution in [0.15, 0.2) is 64.8 Å². The van der Waals surface area contributed by atoms with Crippen molar-refractivity contribution in [3.8, 4) is 5.75 Å². The predicted octanol–water partition coefficient (Wildman–Crippen LogP) is 7.47. The standard InChI is InChI=1S/C27H16Cl2N6O3/c1-12-21(26(30)33-27(22(12)31-2)32-13-7-4-3-5-8-13)34-35-23-16(29)11-15(28)19-20(23)24(37)14-9-6-10-17(36)18(14)25(19)38/h3-11,36H,1H3,(H3,30,32,33). The molecule has 0 spiro atoms. The van der Waals surface area contributed by atoms with Crippen LogP contribution in [0.25, 0.3) is 4.85 Å². The van der Waals surface area contributed by atoms with Gasteiger partial charge in [-0.1, -0.05) is 53.5 Å². The fourth-order valence-electron chi connectivity index (χ4n) is 4.19. The number of nitrogen functional groups attached to an aromatic ring is 1. The lowest BCUT2D eigenvalue weighted by Gasteiger charge is -2.21. The van der Waals surface area contributed by atoms with Gasteiger partial charge in [0, 0.05) is 11.3 Å². The Morgan fingerprint density at radius 3 is 2.37 bits per heavy atom. The molecule has 3 aromatic carbocycles. The van der Waals surface area contributed by atoms with Crippen molar-refractivity contribution in [2.75, 3.05) is 11.1 Å². The molecule has 9 nitrogen and oxygen atoms in total. The Hall–Kier alpha value is -4.78. The zero-order chi connectivity index (χ0) is 27.1. The van der Waals surface area contributed by atoms with E-state index in [1.807, 2.05) is 30.3 Å². The molecule has 1 aliphatic carbocycles. The number of hydrogen-bond acceptors (Lipinski definition) is 8. The number of aromatic nitrogens is 1. The number of azo groups is 1. The molecule has 0 fully saturated rings. The second-order valence-electron chi connectivity index (χ2n) is 8.27. The molecule has 0 amide bonds. The maximum atomic E-state index is 13.4. The third-order valence-electron chi connectivity index (χ3n) is 5.98. The number of benzene rings is 3. The van der Waals surface area contributed by atoms with Gasteiger partial charge in [-0.2, -0.15) is 0 Å². The van der Waals surface area contributed by atoms with Gasteiger partial charge in [0.25, 0.3) is 0 Å². The normalized spacial score (nSPS) is 12.3. The minimum atomic E-state index is -0.644. The van der Waals surface area contributed by atoms with E-state index in [2.05, 4.69) is 25.4 Å². The highest BCUT2D eigenvalue weighted by Gasteiger charge is 2.36. The van der Waals surface area contributed by atoms with Crippen molar-refractivity contribution in [2.24, 2.45) is 10.2 Å². The first kappa shape index (κ1) is 24.9. The van der Waals surface area contributed by atoms with Crippen molar-refractivity contribution in [1.82, 2.24) is 4.98 Å². The van der Waals surface area contributed by atoms with Crippen LogP contribution >= 0.6 is 23.2 Å². The molecule has 4 aromatic rings. The van der Waals surface area contributed by atoms with Crippen LogP contribution in [0.2, 0.25) is 10.0 Å². The molecule has 11 heteroatoms. The number of anilines is 3. The van der Waals surface area contributed by atoms with Crippen LogP contribution in [0.5, 0.6) is 5.75 Å². The highest BCUT2D eigenvalue weighted by Crippen LogP contribution is 2.45. The van der Waals surface area contributed by atoms with Crippen molar-refractivity contribution in [3.05, 3.63) is 104 Å². The highest BCUT2D eigenvalue weighted by molar-refractivity contribution is 6.43. The molecule has 1 heterocycles. The van der Waals surface area contributed by atoms with Gasteiger partial charge in [0.1, 0.15) is 22.9 Å². The maximum Gasteiger partial charge on any atom is 0.233 e. The second-order valence-corrected chi connectivity index (χ2v) is 9.08. The summed E-state index contributed by atoms with van der Waals surface area (Å²) >= 11 is 12.7. The number of ketones is 2. The average molecular weight is 543 g/mol. The molecule has 186 valence electrons. The second kappa shape index (κ2) is 9.59. The van der Waals surface area contributed by atoms with Crippen LogP contribution < -0.4 is 11.1 Å². The molecular weight excluding hydrogens is 527 g/mol. The Labute approximate surface area is 226 Å². The topological polar surface area (TPSA) is 134 Å². The number of pyridine rings is 1. The average Bonchev–Trinajstić information content (AvgIpc) is 2.88. The summed E-state index contributed by atoms with van der Waals surface area (Å²) in [6, 6.07) is 14.6. The molecule has 0 aliphatic heterocycles. The van der Waals surface area contributed by atoms with Crippen molar-refractivity contribution in [3.63, 3.8) is 0 Å². The van der Waals surface area contributed by atoms with E-state index in [4.69, 9.17) is 35.5 Å². The van der Waals surface area contributed by atoms with Crippen LogP contribution in [0.4, 0.5) is 34.4 Å². The van der Waals surface area contributed by atoms with Gasteiger partial charge in [-0.15, -0.1) is 10.2 Å². The number of carbonyl (C=O) groups excluding carboxylic acids is 2. The third-order valence-corrected chi connectivity index (χ3v) is 6.57. The van der Waals surface area contributed by atoms with E-state index in [-0.39, 0.29) is 66.7 Å². The van der Waals surface area contributed by atoms with Crippen molar-refractivity contribution < 1.29 is 14.7 Å². The van der Waals surface area contributed by atoms with E-state index >= 15 is 0 Å². The first-order valence-corrected chi connectivity index (χ1v) is 11.8. The van der Waals surface area contributed by atoms with E-state index in [9.17, 15) is 14.7 Å². The summed E-state index contributed by atoms with van der Waals surface area (Å²) in [5, 5.41) is 21.6. The summed E-state index contributed by atoms with van der Waals surface area (Å²) in [6.45, 7) is 9.31. The van der Waals surface area contributed by atoms with Gasteiger partial charge in [0.2, 0.25) is 5.69 Å². The minimum absolute atomic E-state index is 0.0127. The number of fused-ring (bicyclic) bond motifs is 2. The van der Waals surface area contributed by atoms with Gasteiger partial charge in [0.05, 0.1) is 33.3 Å². The Morgan fingerprint density at radius 1 is 0.947 bits per heavy atom. The van der Waals surface area contributed by atoms with E-state index in [0.717, 1.165) is 0 Å². The molecule has 1 aromatic heterocycles. The molecule has 0 radical (unpaired) electrons. The van der Waals surface area contributed by atoms with Gasteiger partial charge >= 0.3 is 0 Å². The number of phenolic OH excluding ortho intramolecular Hbond substituents is 1. The molecule has 0 atom stereocenters. The fourth-order valence-corrected chi connectivity index (χ4v) is 4.78. The molecule has 0 saturated heterocycles. The SMILES string of the molecule is [C-]#[N+]c1c(Nc2ccccc2)nc(N)c(N=Nc2c(Cl)cc(Cl)c3c2C(=O)c2cccc(O)c2C3=O)c1C. The smallest absolute Gasteiger partial charge is 0.233 e. The van der Waals surface area contributed by atoms with E-state index in [0.29, 0.717) is 11.3 Å². The van der Waals surface area contributed by atoms with Gasteiger partial charge in [-0.05, 0) is 36.8 Å². The van der Waals surface area contributed by atoms with Gasteiger partial charge in [0.15, 0.2) is 17.4 Å². The summed E-state index contributed by atoms with van der Waals surface area (Å²) in [5.74, 6) is -1.36. The summed E-state index contributed by atoms with van der Waals surface area (Å²) in [6.07, 6.45) is 0. The minimum Gasteiger partial charge on any atom is -0.507 e. The molecule has 4 N–H and O–H groups in total. The molecule has 38 heavy (non-hydrogen) atoms. The number of nitrogens with two attached hydrogens (primary N) is 1. The first-order chi connectivity index (χ1) is 18.2. The van der Waals surface area contributed by atoms with Gasteiger partial charge in [-0.3, -0.25) is 9.59 Å². The number of aromatic hydroxyl groups is 1. The summed E-state index contributed by atoms with van der Waals surface area (Å²) in [7, 11) is 0. The maximum absolute atomic E-state index is 13.4. The number of carbonyl (C=O) groups is 2. The number of para-hydroxylation sites is 1. The Bertz CT molecular complexity index is 1750. The third kappa shape index (κ3) is 4.02. The molecule has 5 rings (SSSR count). The number of nitrogens with one attached hydrogen (secondary N) is 1. The molecule has 0 bridgehead atoms. The van der Waals surface area contributed by atoms with Gasteiger partial charge < -0.3 is 16.2 Å². The zero-order valence-electron chi connectivity index (χ0n) is 19.6. The molecule has 1 aliphatic rings. The summed E-state index contributed by atoms with van der Waals surface area (Å²) < 4.78 is 0. The fraction of sp³-hybridized carbons (Fsp3) is 0.0370. The number of phenols is 1. The zero-order valence-corrected chi connectivity index (χ0v) is 21.1. The first-order valence-electron chi connectivity index (χ1n) is 11.1. The largest absolute Gasteiger partial charge is 0.507 e. The highest BCUT2D eigenvalue weighted by atomic mass is 35.5. The Balaban J connectivity index is 1.63. The summed E-state index contributed by atoms with van der Waals surface area (Å²) in [4.78, 5) is 34.5. The molecule has 0 saturated carbocycles. The van der Waals surface area contributed by atoms with Crippen molar-refractivity contribution in [1.29, 1.82) is 0 Å². The Morgan fingerprint density at radius 2 is 1.66 bits per heavy atom. The monoisotopic (exact) mass is 542 g/mol. The van der Waals surface area contributed by atoms with Crippen LogP contribution in [0.3, 0.4) is 0 Å². The lowest BCUT2D eigenvalue weighted by molar-refractivity contribution is 0.0977. The van der Waals surface area contributed by atoms with E-state index < -0.39 is 11.6 Å². The van der Waals surface area contributed by atoms with E-state index in [1.165, 1.54) is 24.3 Å². The number of halogens is 2. The number of hydrogen-bond donors (Lipinski definition) is 3. The van der Waals surface area contributed by atoms with Crippen molar-refractivity contribution >= 4 is 69.2 Å². The number of nitrogens with zero attached hydrogens (tertiary/aromatic N) is 4. The van der Waals surface area contributed by atoms with Crippen LogP contribution in [-0.4, -0.2) is 21.7 Å².